The van der Waals surface area contributed by atoms with Gasteiger partial charge < -0.3 is 16.4 Å². The van der Waals surface area contributed by atoms with E-state index in [-0.39, 0.29) is 11.9 Å². The molecule has 0 heterocycles. The van der Waals surface area contributed by atoms with Crippen LogP contribution in [0.5, 0.6) is 0 Å². The Bertz CT molecular complexity index is 726. The number of nitrogens with two attached hydrogens (primary N) is 1. The van der Waals surface area contributed by atoms with Crippen LogP contribution in [0.1, 0.15) is 42.5 Å². The summed E-state index contributed by atoms with van der Waals surface area (Å²) in [6, 6.07) is 13.0. The summed E-state index contributed by atoms with van der Waals surface area (Å²) in [5.74, 6) is -0.0439. The Balaban J connectivity index is 1.78. The van der Waals surface area contributed by atoms with Crippen LogP contribution in [-0.4, -0.2) is 11.9 Å². The highest BCUT2D eigenvalue weighted by Gasteiger charge is 2.18. The molecule has 0 aliphatic heterocycles. The van der Waals surface area contributed by atoms with Crippen molar-refractivity contribution < 1.29 is 4.79 Å². The molecule has 1 amide bonds. The van der Waals surface area contributed by atoms with Gasteiger partial charge in [-0.1, -0.05) is 43.0 Å². The highest BCUT2D eigenvalue weighted by molar-refractivity contribution is 6.31. The zero-order chi connectivity index (χ0) is 16.9. The highest BCUT2D eigenvalue weighted by atomic mass is 35.5. The fourth-order valence-corrected chi connectivity index (χ4v) is 3.27. The van der Waals surface area contributed by atoms with Crippen LogP contribution in [0.25, 0.3) is 0 Å². The lowest BCUT2D eigenvalue weighted by Gasteiger charge is -2.23. The molecule has 4 nitrogen and oxygen atoms in total. The molecule has 4 N–H and O–H groups in total. The number of hydrogen-bond acceptors (Lipinski definition) is 3. The summed E-state index contributed by atoms with van der Waals surface area (Å²) in [5, 5.41) is 6.98. The van der Waals surface area contributed by atoms with E-state index < -0.39 is 0 Å². The van der Waals surface area contributed by atoms with Crippen LogP contribution in [-0.2, 0) is 0 Å². The first kappa shape index (κ1) is 16.7. The van der Waals surface area contributed by atoms with Crippen LogP contribution in [0.4, 0.5) is 17.1 Å². The van der Waals surface area contributed by atoms with Crippen molar-refractivity contribution in [1.82, 2.24) is 5.32 Å². The highest BCUT2D eigenvalue weighted by Crippen LogP contribution is 2.28. The molecule has 0 aromatic heterocycles. The Morgan fingerprint density at radius 1 is 1.04 bits per heavy atom. The lowest BCUT2D eigenvalue weighted by Crippen LogP contribution is -2.36. The van der Waals surface area contributed by atoms with E-state index in [1.54, 1.807) is 12.1 Å². The van der Waals surface area contributed by atoms with Crippen LogP contribution >= 0.6 is 11.6 Å². The summed E-state index contributed by atoms with van der Waals surface area (Å²) < 4.78 is 0. The molecular formula is C19H22ClN3O. The van der Waals surface area contributed by atoms with Gasteiger partial charge in [-0.2, -0.15) is 0 Å². The lowest BCUT2D eigenvalue weighted by molar-refractivity contribution is 0.0928. The molecule has 3 rings (SSSR count). The van der Waals surface area contributed by atoms with Crippen molar-refractivity contribution >= 4 is 34.6 Å². The molecule has 0 unspecified atom stereocenters. The Hall–Kier alpha value is -2.20. The van der Waals surface area contributed by atoms with Crippen molar-refractivity contribution in [2.75, 3.05) is 11.1 Å². The van der Waals surface area contributed by atoms with E-state index in [1.165, 1.54) is 19.3 Å². The molecule has 126 valence electrons. The smallest absolute Gasteiger partial charge is 0.253 e. The van der Waals surface area contributed by atoms with Crippen LogP contribution in [0.2, 0.25) is 5.02 Å². The van der Waals surface area contributed by atoms with Crippen LogP contribution in [0, 0.1) is 0 Å². The zero-order valence-corrected chi connectivity index (χ0v) is 14.3. The Morgan fingerprint density at radius 2 is 1.79 bits per heavy atom. The topological polar surface area (TPSA) is 67.1 Å². The summed E-state index contributed by atoms with van der Waals surface area (Å²) in [5.41, 5.74) is 8.64. The molecule has 1 aliphatic carbocycles. The Labute approximate surface area is 147 Å². The second kappa shape index (κ2) is 7.58. The maximum absolute atomic E-state index is 12.7. The third-order valence-corrected chi connectivity index (χ3v) is 4.63. The molecule has 0 saturated heterocycles. The van der Waals surface area contributed by atoms with Crippen molar-refractivity contribution in [3.63, 3.8) is 0 Å². The van der Waals surface area contributed by atoms with E-state index in [9.17, 15) is 4.79 Å². The second-order valence-corrected chi connectivity index (χ2v) is 6.65. The largest absolute Gasteiger partial charge is 0.397 e. The predicted molar refractivity (Wildman–Crippen MR) is 99.9 cm³/mol. The average molecular weight is 344 g/mol. The maximum Gasteiger partial charge on any atom is 0.253 e. The molecule has 2 aromatic rings. The predicted octanol–water partition coefficient (Wildman–Crippen LogP) is 4.73. The first-order valence-corrected chi connectivity index (χ1v) is 8.73. The third kappa shape index (κ3) is 4.01. The summed E-state index contributed by atoms with van der Waals surface area (Å²) in [6.07, 6.45) is 5.76. The van der Waals surface area contributed by atoms with Gasteiger partial charge in [0.15, 0.2) is 0 Å². The van der Waals surface area contributed by atoms with Gasteiger partial charge in [-0.15, -0.1) is 0 Å². The number of benzene rings is 2. The monoisotopic (exact) mass is 343 g/mol. The normalized spacial score (nSPS) is 15.0. The summed E-state index contributed by atoms with van der Waals surface area (Å²) >= 11 is 5.94. The third-order valence-electron chi connectivity index (χ3n) is 4.40. The van der Waals surface area contributed by atoms with Crippen molar-refractivity contribution in [3.8, 4) is 0 Å². The van der Waals surface area contributed by atoms with E-state index >= 15 is 0 Å². The molecule has 2 aromatic carbocycles. The quantitative estimate of drug-likeness (QED) is 0.703. The Morgan fingerprint density at radius 3 is 2.54 bits per heavy atom. The van der Waals surface area contributed by atoms with E-state index in [0.29, 0.717) is 16.3 Å². The number of nitrogen functional groups attached to an aromatic ring is 1. The molecule has 5 heteroatoms. The molecule has 0 bridgehead atoms. The van der Waals surface area contributed by atoms with Crippen LogP contribution in [0.15, 0.2) is 42.5 Å². The molecule has 0 spiro atoms. The van der Waals surface area contributed by atoms with Gasteiger partial charge in [0.25, 0.3) is 5.91 Å². The number of para-hydroxylation sites is 1. The fourth-order valence-electron chi connectivity index (χ4n) is 3.09. The standard InChI is InChI=1S/C19H22ClN3O/c20-13-10-11-18(16(21)12-13)23-17-9-5-4-8-15(17)19(24)22-14-6-2-1-3-7-14/h4-5,8-12,14,23H,1-3,6-7,21H2,(H,22,24). The number of amides is 1. The van der Waals surface area contributed by atoms with E-state index in [0.717, 1.165) is 24.2 Å². The molecule has 0 radical (unpaired) electrons. The molecule has 0 atom stereocenters. The minimum Gasteiger partial charge on any atom is -0.397 e. The number of hydrogen-bond donors (Lipinski definition) is 3. The lowest BCUT2D eigenvalue weighted by atomic mass is 9.95. The minimum absolute atomic E-state index is 0.0439. The van der Waals surface area contributed by atoms with Gasteiger partial charge in [-0.25, -0.2) is 0 Å². The number of rotatable bonds is 4. The molecule has 24 heavy (non-hydrogen) atoms. The van der Waals surface area contributed by atoms with Gasteiger partial charge in [-0.05, 0) is 43.2 Å². The number of carbonyl (C=O) groups excluding carboxylic acids is 1. The first-order chi connectivity index (χ1) is 11.6. The first-order valence-electron chi connectivity index (χ1n) is 8.35. The van der Waals surface area contributed by atoms with Crippen molar-refractivity contribution in [2.24, 2.45) is 0 Å². The van der Waals surface area contributed by atoms with Crippen molar-refractivity contribution in [1.29, 1.82) is 0 Å². The maximum atomic E-state index is 12.7. The van der Waals surface area contributed by atoms with Crippen molar-refractivity contribution in [2.45, 2.75) is 38.1 Å². The fraction of sp³-hybridized carbons (Fsp3) is 0.316. The Kier molecular flexibility index (Phi) is 5.26. The SMILES string of the molecule is Nc1cc(Cl)ccc1Nc1ccccc1C(=O)NC1CCCCC1. The van der Waals surface area contributed by atoms with Gasteiger partial charge in [0.05, 0.1) is 22.6 Å². The number of anilines is 3. The number of nitrogens with one attached hydrogen (secondary N) is 2. The van der Waals surface area contributed by atoms with Crippen LogP contribution in [0.3, 0.4) is 0 Å². The summed E-state index contributed by atoms with van der Waals surface area (Å²) in [6.45, 7) is 0. The van der Waals surface area contributed by atoms with Crippen molar-refractivity contribution in [3.05, 3.63) is 53.1 Å². The molecule has 1 saturated carbocycles. The van der Waals surface area contributed by atoms with Gasteiger partial charge in [0.2, 0.25) is 0 Å². The summed E-state index contributed by atoms with van der Waals surface area (Å²) in [7, 11) is 0. The molecule has 1 fully saturated rings. The van der Waals surface area contributed by atoms with E-state index in [2.05, 4.69) is 10.6 Å². The molecular weight excluding hydrogens is 322 g/mol. The zero-order valence-electron chi connectivity index (χ0n) is 13.5. The van der Waals surface area contributed by atoms with Crippen LogP contribution < -0.4 is 16.4 Å². The minimum atomic E-state index is -0.0439. The van der Waals surface area contributed by atoms with E-state index in [1.807, 2.05) is 30.3 Å². The average Bonchev–Trinajstić information content (AvgIpc) is 2.59. The van der Waals surface area contributed by atoms with Gasteiger partial charge in [0, 0.05) is 11.1 Å². The number of halogens is 1. The van der Waals surface area contributed by atoms with Gasteiger partial charge in [-0.3, -0.25) is 4.79 Å². The van der Waals surface area contributed by atoms with E-state index in [4.69, 9.17) is 17.3 Å². The second-order valence-electron chi connectivity index (χ2n) is 6.21. The van der Waals surface area contributed by atoms with Gasteiger partial charge >= 0.3 is 0 Å². The molecule has 1 aliphatic rings. The number of carbonyl (C=O) groups is 1. The van der Waals surface area contributed by atoms with Gasteiger partial charge in [0.1, 0.15) is 0 Å². The summed E-state index contributed by atoms with van der Waals surface area (Å²) in [4.78, 5) is 12.7.